The molecular formula is C17H24N2O3S. The van der Waals surface area contributed by atoms with Crippen LogP contribution < -0.4 is 10.0 Å². The quantitative estimate of drug-likeness (QED) is 0.868. The molecule has 1 aromatic carbocycles. The Bertz CT molecular complexity index is 643. The summed E-state index contributed by atoms with van der Waals surface area (Å²) in [4.78, 5) is 12.4. The van der Waals surface area contributed by atoms with Gasteiger partial charge in [-0.15, -0.1) is 0 Å². The highest BCUT2D eigenvalue weighted by atomic mass is 32.2. The third-order valence-corrected chi connectivity index (χ3v) is 6.33. The molecule has 0 heterocycles. The van der Waals surface area contributed by atoms with Crippen LogP contribution in [0.15, 0.2) is 29.2 Å². The van der Waals surface area contributed by atoms with Crippen LogP contribution in [0.2, 0.25) is 0 Å². The van der Waals surface area contributed by atoms with Gasteiger partial charge in [-0.2, -0.15) is 0 Å². The highest BCUT2D eigenvalue weighted by molar-refractivity contribution is 7.89. The lowest BCUT2D eigenvalue weighted by Crippen LogP contribution is -2.33. The Morgan fingerprint density at radius 1 is 0.870 bits per heavy atom. The van der Waals surface area contributed by atoms with Crippen molar-refractivity contribution in [1.29, 1.82) is 0 Å². The average Bonchev–Trinajstić information content (AvgIpc) is 3.21. The summed E-state index contributed by atoms with van der Waals surface area (Å²) in [5.41, 5.74) is 0.511. The molecule has 2 aliphatic rings. The van der Waals surface area contributed by atoms with Gasteiger partial charge in [0.05, 0.1) is 4.90 Å². The minimum absolute atomic E-state index is 0.0466. The van der Waals surface area contributed by atoms with E-state index in [1.165, 1.54) is 12.1 Å². The lowest BCUT2D eigenvalue weighted by atomic mass is 10.2. The summed E-state index contributed by atoms with van der Waals surface area (Å²) in [7, 11) is -3.49. The number of rotatable bonds is 5. The molecule has 0 aliphatic heterocycles. The van der Waals surface area contributed by atoms with E-state index in [9.17, 15) is 13.2 Å². The van der Waals surface area contributed by atoms with Crippen molar-refractivity contribution < 1.29 is 13.2 Å². The molecule has 2 aliphatic carbocycles. The van der Waals surface area contributed by atoms with Crippen molar-refractivity contribution in [3.63, 3.8) is 0 Å². The second-order valence-corrected chi connectivity index (χ2v) is 8.30. The summed E-state index contributed by atoms with van der Waals surface area (Å²) in [6, 6.07) is 6.52. The van der Waals surface area contributed by atoms with Crippen molar-refractivity contribution in [2.45, 2.75) is 68.3 Å². The Kier molecular flexibility index (Phi) is 5.02. The zero-order valence-electron chi connectivity index (χ0n) is 13.3. The number of hydrogen-bond donors (Lipinski definition) is 2. The second-order valence-electron chi connectivity index (χ2n) is 6.58. The fraction of sp³-hybridized carbons (Fsp3) is 0.588. The molecule has 2 fully saturated rings. The lowest BCUT2D eigenvalue weighted by molar-refractivity contribution is 0.0938. The fourth-order valence-corrected chi connectivity index (χ4v) is 4.76. The van der Waals surface area contributed by atoms with Gasteiger partial charge in [0.2, 0.25) is 10.0 Å². The van der Waals surface area contributed by atoms with Crippen molar-refractivity contribution in [1.82, 2.24) is 10.0 Å². The predicted octanol–water partition coefficient (Wildman–Crippen LogP) is 2.58. The fourth-order valence-electron chi connectivity index (χ4n) is 3.46. The molecule has 1 aromatic rings. The SMILES string of the molecule is O=C(NC1CCCC1)c1ccc(S(=O)(=O)NC2CCCC2)cc1. The van der Waals surface area contributed by atoms with Gasteiger partial charge in [0.1, 0.15) is 0 Å². The molecule has 5 nitrogen and oxygen atoms in total. The van der Waals surface area contributed by atoms with Crippen molar-refractivity contribution in [3.05, 3.63) is 29.8 Å². The minimum Gasteiger partial charge on any atom is -0.349 e. The number of nitrogens with one attached hydrogen (secondary N) is 2. The van der Waals surface area contributed by atoms with Gasteiger partial charge >= 0.3 is 0 Å². The molecule has 0 radical (unpaired) electrons. The first-order chi connectivity index (χ1) is 11.0. The van der Waals surface area contributed by atoms with Gasteiger partial charge < -0.3 is 5.32 Å². The standard InChI is InChI=1S/C17H24N2O3S/c20-17(18-14-5-1-2-6-14)13-9-11-16(12-10-13)23(21,22)19-15-7-3-4-8-15/h9-12,14-15,19H,1-8H2,(H,18,20). The monoisotopic (exact) mass is 336 g/mol. The van der Waals surface area contributed by atoms with Crippen LogP contribution in [0.3, 0.4) is 0 Å². The maximum Gasteiger partial charge on any atom is 0.251 e. The van der Waals surface area contributed by atoms with Crippen LogP contribution in [0.5, 0.6) is 0 Å². The first-order valence-corrected chi connectivity index (χ1v) is 9.96. The Morgan fingerprint density at radius 2 is 1.39 bits per heavy atom. The molecule has 6 heteroatoms. The molecule has 1 amide bonds. The van der Waals surface area contributed by atoms with Crippen molar-refractivity contribution in [2.24, 2.45) is 0 Å². The third-order valence-electron chi connectivity index (χ3n) is 4.79. The first kappa shape index (κ1) is 16.5. The van der Waals surface area contributed by atoms with Crippen LogP contribution >= 0.6 is 0 Å². The predicted molar refractivity (Wildman–Crippen MR) is 88.7 cm³/mol. The number of carbonyl (C=O) groups excluding carboxylic acids is 1. The summed E-state index contributed by atoms with van der Waals surface area (Å²) in [6.45, 7) is 0. The molecule has 2 N–H and O–H groups in total. The van der Waals surface area contributed by atoms with Crippen LogP contribution in [0.25, 0.3) is 0 Å². The molecular weight excluding hydrogens is 312 g/mol. The van der Waals surface area contributed by atoms with E-state index in [4.69, 9.17) is 0 Å². The van der Waals surface area contributed by atoms with Gasteiger partial charge in [-0.1, -0.05) is 25.7 Å². The lowest BCUT2D eigenvalue weighted by Gasteiger charge is -2.14. The molecule has 0 bridgehead atoms. The zero-order valence-corrected chi connectivity index (χ0v) is 14.1. The van der Waals surface area contributed by atoms with E-state index in [-0.39, 0.29) is 22.9 Å². The molecule has 126 valence electrons. The van der Waals surface area contributed by atoms with Gasteiger partial charge in [-0.05, 0) is 49.9 Å². The first-order valence-electron chi connectivity index (χ1n) is 8.48. The minimum atomic E-state index is -3.49. The van der Waals surface area contributed by atoms with Gasteiger partial charge in [0.15, 0.2) is 0 Å². The van der Waals surface area contributed by atoms with Gasteiger partial charge in [0.25, 0.3) is 5.91 Å². The number of amides is 1. The Morgan fingerprint density at radius 3 is 1.96 bits per heavy atom. The highest BCUT2D eigenvalue weighted by Gasteiger charge is 2.23. The van der Waals surface area contributed by atoms with E-state index in [1.807, 2.05) is 0 Å². The molecule has 0 unspecified atom stereocenters. The summed E-state index contributed by atoms with van der Waals surface area (Å²) in [6.07, 6.45) is 8.35. The van der Waals surface area contributed by atoms with E-state index < -0.39 is 10.0 Å². The van der Waals surface area contributed by atoms with E-state index >= 15 is 0 Å². The molecule has 0 saturated heterocycles. The van der Waals surface area contributed by atoms with Crippen LogP contribution in [-0.2, 0) is 10.0 Å². The zero-order chi connectivity index (χ0) is 16.3. The largest absolute Gasteiger partial charge is 0.349 e. The number of sulfonamides is 1. The van der Waals surface area contributed by atoms with Gasteiger partial charge in [0, 0.05) is 17.6 Å². The summed E-state index contributed by atoms with van der Waals surface area (Å²) < 4.78 is 27.4. The number of hydrogen-bond acceptors (Lipinski definition) is 3. The third kappa shape index (κ3) is 4.12. The van der Waals surface area contributed by atoms with Crippen molar-refractivity contribution in [2.75, 3.05) is 0 Å². The van der Waals surface area contributed by atoms with Crippen LogP contribution in [-0.4, -0.2) is 26.4 Å². The number of benzene rings is 1. The van der Waals surface area contributed by atoms with E-state index in [0.717, 1.165) is 51.4 Å². The highest BCUT2D eigenvalue weighted by Crippen LogP contribution is 2.21. The van der Waals surface area contributed by atoms with E-state index in [2.05, 4.69) is 10.0 Å². The Labute approximate surface area is 137 Å². The van der Waals surface area contributed by atoms with E-state index in [1.54, 1.807) is 12.1 Å². The van der Waals surface area contributed by atoms with Crippen LogP contribution in [0.1, 0.15) is 61.7 Å². The normalized spacial score (nSPS) is 20.0. The Hall–Kier alpha value is -1.40. The summed E-state index contributed by atoms with van der Waals surface area (Å²) in [5.74, 6) is -0.121. The van der Waals surface area contributed by atoms with Gasteiger partial charge in [-0.3, -0.25) is 4.79 Å². The Balaban J connectivity index is 1.64. The molecule has 0 atom stereocenters. The number of carbonyl (C=O) groups is 1. The summed E-state index contributed by atoms with van der Waals surface area (Å²) >= 11 is 0. The topological polar surface area (TPSA) is 75.3 Å². The van der Waals surface area contributed by atoms with Crippen LogP contribution in [0.4, 0.5) is 0 Å². The molecule has 0 aromatic heterocycles. The van der Waals surface area contributed by atoms with E-state index in [0.29, 0.717) is 5.56 Å². The summed E-state index contributed by atoms with van der Waals surface area (Å²) in [5, 5.41) is 3.01. The van der Waals surface area contributed by atoms with Gasteiger partial charge in [-0.25, -0.2) is 13.1 Å². The average molecular weight is 336 g/mol. The van der Waals surface area contributed by atoms with Crippen LogP contribution in [0, 0.1) is 0 Å². The maximum absolute atomic E-state index is 12.3. The smallest absolute Gasteiger partial charge is 0.251 e. The molecule has 2 saturated carbocycles. The molecule has 0 spiro atoms. The second kappa shape index (κ2) is 7.01. The van der Waals surface area contributed by atoms with Crippen molar-refractivity contribution >= 4 is 15.9 Å². The molecule has 3 rings (SSSR count). The maximum atomic E-state index is 12.3. The van der Waals surface area contributed by atoms with Crippen molar-refractivity contribution in [3.8, 4) is 0 Å². The molecule has 23 heavy (non-hydrogen) atoms.